The van der Waals surface area contributed by atoms with Crippen LogP contribution in [0.1, 0.15) is 12.5 Å². The fourth-order valence-electron chi connectivity index (χ4n) is 2.41. The van der Waals surface area contributed by atoms with Crippen LogP contribution in [0.2, 0.25) is 5.02 Å². The van der Waals surface area contributed by atoms with Crippen molar-refractivity contribution in [3.63, 3.8) is 0 Å². The highest BCUT2D eigenvalue weighted by atomic mass is 35.5. The summed E-state index contributed by atoms with van der Waals surface area (Å²) in [5.41, 5.74) is 3.14. The van der Waals surface area contributed by atoms with Crippen LogP contribution in [-0.4, -0.2) is 21.7 Å². The van der Waals surface area contributed by atoms with Gasteiger partial charge in [0.15, 0.2) is 5.82 Å². The van der Waals surface area contributed by atoms with E-state index < -0.39 is 0 Å². The van der Waals surface area contributed by atoms with E-state index in [0.29, 0.717) is 11.0 Å². The Labute approximate surface area is 146 Å². The molecule has 0 unspecified atom stereocenters. The van der Waals surface area contributed by atoms with Gasteiger partial charge in [0.2, 0.25) is 5.95 Å². The normalized spacial score (nSPS) is 10.5. The average Bonchev–Trinajstić information content (AvgIpc) is 2.58. The number of aromatic nitrogens is 3. The summed E-state index contributed by atoms with van der Waals surface area (Å²) in [5.74, 6) is 1.19. The van der Waals surface area contributed by atoms with E-state index in [2.05, 4.69) is 57.4 Å². The molecule has 0 atom stereocenters. The Balaban J connectivity index is 1.87. The molecule has 6 heteroatoms. The molecule has 0 radical (unpaired) electrons. The van der Waals surface area contributed by atoms with Gasteiger partial charge in [0.1, 0.15) is 0 Å². The lowest BCUT2D eigenvalue weighted by atomic mass is 10.2. The van der Waals surface area contributed by atoms with Gasteiger partial charge in [0, 0.05) is 22.9 Å². The van der Waals surface area contributed by atoms with Crippen LogP contribution in [0.5, 0.6) is 0 Å². The fourth-order valence-corrected chi connectivity index (χ4v) is 2.54. The van der Waals surface area contributed by atoms with E-state index in [1.807, 2.05) is 30.3 Å². The predicted molar refractivity (Wildman–Crippen MR) is 98.4 cm³/mol. The third kappa shape index (κ3) is 3.81. The van der Waals surface area contributed by atoms with E-state index in [1.54, 1.807) is 6.20 Å². The molecule has 1 aromatic heterocycles. The zero-order valence-corrected chi connectivity index (χ0v) is 14.3. The maximum Gasteiger partial charge on any atom is 0.249 e. The van der Waals surface area contributed by atoms with Gasteiger partial charge in [0.05, 0.1) is 6.20 Å². The molecule has 0 saturated heterocycles. The number of hydrogen-bond acceptors (Lipinski definition) is 5. The van der Waals surface area contributed by atoms with Crippen molar-refractivity contribution in [1.29, 1.82) is 0 Å². The quantitative estimate of drug-likeness (QED) is 0.728. The molecular formula is C18H18ClN5. The second-order valence-electron chi connectivity index (χ2n) is 5.35. The largest absolute Gasteiger partial charge is 0.325 e. The third-order valence-corrected chi connectivity index (χ3v) is 3.80. The molecular weight excluding hydrogens is 322 g/mol. The average molecular weight is 340 g/mol. The van der Waals surface area contributed by atoms with E-state index in [9.17, 15) is 0 Å². The highest BCUT2D eigenvalue weighted by molar-refractivity contribution is 6.30. The SMILES string of the molecule is CCN(c1cccc(C)c1)c1cnnc(Nc2ccc(Cl)cc2)n1. The van der Waals surface area contributed by atoms with Gasteiger partial charge in [-0.1, -0.05) is 23.7 Å². The second-order valence-corrected chi connectivity index (χ2v) is 5.79. The van der Waals surface area contributed by atoms with Crippen LogP contribution < -0.4 is 10.2 Å². The first-order chi connectivity index (χ1) is 11.7. The number of benzene rings is 2. The van der Waals surface area contributed by atoms with Crippen LogP contribution in [0.4, 0.5) is 23.1 Å². The van der Waals surface area contributed by atoms with Gasteiger partial charge >= 0.3 is 0 Å². The first-order valence-corrected chi connectivity index (χ1v) is 8.10. The van der Waals surface area contributed by atoms with Crippen molar-refractivity contribution in [3.8, 4) is 0 Å². The number of nitrogens with zero attached hydrogens (tertiary/aromatic N) is 4. The molecule has 3 aromatic rings. The summed E-state index contributed by atoms with van der Waals surface area (Å²) >= 11 is 5.90. The van der Waals surface area contributed by atoms with E-state index in [-0.39, 0.29) is 0 Å². The molecule has 0 aliphatic heterocycles. The molecule has 1 N–H and O–H groups in total. The highest BCUT2D eigenvalue weighted by Gasteiger charge is 2.11. The molecule has 0 aliphatic carbocycles. The summed E-state index contributed by atoms with van der Waals surface area (Å²) in [7, 11) is 0. The standard InChI is InChI=1S/C18H18ClN5/c1-3-24(16-6-4-5-13(2)11-16)17-12-20-23-18(22-17)21-15-9-7-14(19)8-10-15/h4-12H,3H2,1-2H3,(H,21,22,23). The van der Waals surface area contributed by atoms with Gasteiger partial charge in [0.25, 0.3) is 0 Å². The zero-order chi connectivity index (χ0) is 16.9. The minimum atomic E-state index is 0.445. The molecule has 0 fully saturated rings. The predicted octanol–water partition coefficient (Wildman–Crippen LogP) is 4.74. The van der Waals surface area contributed by atoms with Gasteiger partial charge in [-0.15, -0.1) is 5.10 Å². The Morgan fingerprint density at radius 1 is 1.12 bits per heavy atom. The molecule has 1 heterocycles. The summed E-state index contributed by atoms with van der Waals surface area (Å²) in [5, 5.41) is 12.0. The van der Waals surface area contributed by atoms with Crippen LogP contribution in [0.15, 0.2) is 54.7 Å². The monoisotopic (exact) mass is 339 g/mol. The lowest BCUT2D eigenvalue weighted by molar-refractivity contribution is 0.921. The molecule has 24 heavy (non-hydrogen) atoms. The maximum absolute atomic E-state index is 5.90. The summed E-state index contributed by atoms with van der Waals surface area (Å²) in [6.45, 7) is 4.93. The van der Waals surface area contributed by atoms with Gasteiger partial charge in [-0.25, -0.2) is 0 Å². The van der Waals surface area contributed by atoms with Crippen LogP contribution in [-0.2, 0) is 0 Å². The van der Waals surface area contributed by atoms with Crippen LogP contribution in [0.25, 0.3) is 0 Å². The molecule has 0 aliphatic rings. The van der Waals surface area contributed by atoms with Gasteiger partial charge in [-0.3, -0.25) is 0 Å². The number of nitrogens with one attached hydrogen (secondary N) is 1. The summed E-state index contributed by atoms with van der Waals surface area (Å²) in [6, 6.07) is 15.7. The van der Waals surface area contributed by atoms with E-state index in [4.69, 9.17) is 11.6 Å². The minimum absolute atomic E-state index is 0.445. The Bertz CT molecular complexity index is 820. The number of hydrogen-bond donors (Lipinski definition) is 1. The van der Waals surface area contributed by atoms with Gasteiger partial charge in [-0.05, 0) is 55.8 Å². The van der Waals surface area contributed by atoms with Crippen LogP contribution >= 0.6 is 11.6 Å². The minimum Gasteiger partial charge on any atom is -0.325 e. The number of anilines is 4. The Kier molecular flexibility index (Phi) is 4.91. The number of halogens is 1. The van der Waals surface area contributed by atoms with E-state index in [1.165, 1.54) is 5.56 Å². The second kappa shape index (κ2) is 7.27. The first kappa shape index (κ1) is 16.2. The van der Waals surface area contributed by atoms with Crippen molar-refractivity contribution in [2.75, 3.05) is 16.8 Å². The van der Waals surface area contributed by atoms with Crippen molar-refractivity contribution in [2.45, 2.75) is 13.8 Å². The lowest BCUT2D eigenvalue weighted by Gasteiger charge is -2.22. The lowest BCUT2D eigenvalue weighted by Crippen LogP contribution is -2.18. The molecule has 2 aromatic carbocycles. The summed E-state index contributed by atoms with van der Waals surface area (Å²) in [6.07, 6.45) is 1.67. The topological polar surface area (TPSA) is 53.9 Å². The van der Waals surface area contributed by atoms with E-state index >= 15 is 0 Å². The molecule has 0 amide bonds. The zero-order valence-electron chi connectivity index (χ0n) is 13.6. The molecule has 0 bridgehead atoms. The summed E-state index contributed by atoms with van der Waals surface area (Å²) in [4.78, 5) is 6.67. The van der Waals surface area contributed by atoms with Crippen molar-refractivity contribution in [3.05, 3.63) is 65.3 Å². The third-order valence-electron chi connectivity index (χ3n) is 3.55. The summed E-state index contributed by atoms with van der Waals surface area (Å²) < 4.78 is 0. The number of rotatable bonds is 5. The Hall–Kier alpha value is -2.66. The van der Waals surface area contributed by atoms with Crippen molar-refractivity contribution in [2.24, 2.45) is 0 Å². The van der Waals surface area contributed by atoms with Crippen LogP contribution in [0, 0.1) is 6.92 Å². The number of aryl methyl sites for hydroxylation is 1. The van der Waals surface area contributed by atoms with Gasteiger partial charge < -0.3 is 10.2 Å². The van der Waals surface area contributed by atoms with E-state index in [0.717, 1.165) is 23.7 Å². The van der Waals surface area contributed by atoms with Crippen molar-refractivity contribution in [1.82, 2.24) is 15.2 Å². The molecule has 3 rings (SSSR count). The first-order valence-electron chi connectivity index (χ1n) is 7.72. The fraction of sp³-hybridized carbons (Fsp3) is 0.167. The van der Waals surface area contributed by atoms with Crippen LogP contribution in [0.3, 0.4) is 0 Å². The van der Waals surface area contributed by atoms with Gasteiger partial charge in [-0.2, -0.15) is 10.1 Å². The van der Waals surface area contributed by atoms with Crippen molar-refractivity contribution >= 4 is 34.7 Å². The molecule has 5 nitrogen and oxygen atoms in total. The smallest absolute Gasteiger partial charge is 0.249 e. The van der Waals surface area contributed by atoms with Crippen molar-refractivity contribution < 1.29 is 0 Å². The Morgan fingerprint density at radius 3 is 2.62 bits per heavy atom. The highest BCUT2D eigenvalue weighted by Crippen LogP contribution is 2.24. The molecule has 0 spiro atoms. The molecule has 122 valence electrons. The maximum atomic E-state index is 5.90. The molecule has 0 saturated carbocycles. The Morgan fingerprint density at radius 2 is 1.92 bits per heavy atom.